The van der Waals surface area contributed by atoms with Crippen molar-refractivity contribution in [3.8, 4) is 50.2 Å². The average molecular weight is 905 g/mol. The number of anilines is 3. The number of benzene rings is 12. The van der Waals surface area contributed by atoms with Crippen molar-refractivity contribution >= 4 is 71.2 Å². The van der Waals surface area contributed by atoms with E-state index in [1.165, 1.54) is 110 Å². The minimum atomic E-state index is -0.133. The summed E-state index contributed by atoms with van der Waals surface area (Å²) in [6.07, 6.45) is 0. The van der Waals surface area contributed by atoms with Crippen LogP contribution in [0.1, 0.15) is 25.0 Å². The van der Waals surface area contributed by atoms with Crippen LogP contribution in [0.15, 0.2) is 255 Å². The molecule has 0 amide bonds. The summed E-state index contributed by atoms with van der Waals surface area (Å²) in [5.74, 6) is 0. The van der Waals surface area contributed by atoms with Gasteiger partial charge in [0.2, 0.25) is 0 Å². The third kappa shape index (κ3) is 6.35. The maximum absolute atomic E-state index is 2.49. The number of aromatic nitrogens is 1. The second-order valence-electron chi connectivity index (χ2n) is 19.6. The van der Waals surface area contributed by atoms with Crippen molar-refractivity contribution in [1.29, 1.82) is 0 Å². The van der Waals surface area contributed by atoms with Gasteiger partial charge < -0.3 is 9.47 Å². The van der Waals surface area contributed by atoms with Gasteiger partial charge in [-0.2, -0.15) is 0 Å². The van der Waals surface area contributed by atoms with Crippen LogP contribution < -0.4 is 4.90 Å². The van der Waals surface area contributed by atoms with Crippen LogP contribution in [-0.4, -0.2) is 4.57 Å². The lowest BCUT2D eigenvalue weighted by Crippen LogP contribution is -2.16. The molecule has 0 bridgehead atoms. The second-order valence-corrected chi connectivity index (χ2v) is 19.6. The summed E-state index contributed by atoms with van der Waals surface area (Å²) in [5.41, 5.74) is 19.4. The van der Waals surface area contributed by atoms with Gasteiger partial charge in [-0.25, -0.2) is 0 Å². The Morgan fingerprint density at radius 2 is 0.859 bits per heavy atom. The van der Waals surface area contributed by atoms with Crippen molar-refractivity contribution in [2.24, 2.45) is 0 Å². The largest absolute Gasteiger partial charge is 0.310 e. The highest BCUT2D eigenvalue weighted by molar-refractivity contribution is 6.38. The molecule has 71 heavy (non-hydrogen) atoms. The molecular formula is C69H48N2. The van der Waals surface area contributed by atoms with Crippen LogP contribution in [0.25, 0.3) is 104 Å². The Kier molecular flexibility index (Phi) is 9.28. The van der Waals surface area contributed by atoms with Crippen LogP contribution in [0.3, 0.4) is 0 Å². The van der Waals surface area contributed by atoms with Gasteiger partial charge in [0.25, 0.3) is 0 Å². The SMILES string of the molecule is CC1(C)c2ccccc2-c2ccc(N(c3ccc(-c4cc5c6ccccc6c6c(c7ccccc7n6-c6ccc(-c7ccccc7)cc6)c5c5ccccc45)cc3)c3ccccc3-c3ccccc3)cc21. The molecule has 14 rings (SSSR count). The summed E-state index contributed by atoms with van der Waals surface area (Å²) >= 11 is 0. The predicted octanol–water partition coefficient (Wildman–Crippen LogP) is 19.0. The Labute approximate surface area is 414 Å². The first-order valence-corrected chi connectivity index (χ1v) is 24.8. The minimum absolute atomic E-state index is 0.133. The molecule has 0 N–H and O–H groups in total. The molecule has 1 aromatic heterocycles. The van der Waals surface area contributed by atoms with Gasteiger partial charge in [-0.15, -0.1) is 0 Å². The van der Waals surface area contributed by atoms with E-state index in [-0.39, 0.29) is 5.41 Å². The summed E-state index contributed by atoms with van der Waals surface area (Å²) in [6.45, 7) is 4.73. The monoisotopic (exact) mass is 904 g/mol. The van der Waals surface area contributed by atoms with Gasteiger partial charge in [0.1, 0.15) is 0 Å². The molecule has 0 saturated carbocycles. The van der Waals surface area contributed by atoms with E-state index in [9.17, 15) is 0 Å². The summed E-state index contributed by atoms with van der Waals surface area (Å²) < 4.78 is 2.49. The van der Waals surface area contributed by atoms with Gasteiger partial charge >= 0.3 is 0 Å². The zero-order valence-electron chi connectivity index (χ0n) is 39.6. The fourth-order valence-corrected chi connectivity index (χ4v) is 12.0. The van der Waals surface area contributed by atoms with Gasteiger partial charge in [-0.3, -0.25) is 0 Å². The lowest BCUT2D eigenvalue weighted by Gasteiger charge is -2.30. The Hall–Kier alpha value is -8.98. The maximum Gasteiger partial charge on any atom is 0.0626 e. The topological polar surface area (TPSA) is 8.17 Å². The molecule has 1 aliphatic rings. The number of rotatable bonds is 7. The van der Waals surface area contributed by atoms with Gasteiger partial charge in [-0.1, -0.05) is 214 Å². The van der Waals surface area contributed by atoms with Crippen LogP contribution in [0.2, 0.25) is 0 Å². The molecule has 0 fully saturated rings. The van der Waals surface area contributed by atoms with Crippen molar-refractivity contribution in [2.45, 2.75) is 19.3 Å². The van der Waals surface area contributed by atoms with Crippen molar-refractivity contribution in [1.82, 2.24) is 4.57 Å². The second kappa shape index (κ2) is 16.1. The molecule has 334 valence electrons. The summed E-state index contributed by atoms with van der Waals surface area (Å²) in [4.78, 5) is 2.46. The molecule has 0 radical (unpaired) electrons. The first-order chi connectivity index (χ1) is 35.0. The summed E-state index contributed by atoms with van der Waals surface area (Å²) in [6, 6.07) is 94.1. The van der Waals surface area contributed by atoms with E-state index < -0.39 is 0 Å². The van der Waals surface area contributed by atoms with E-state index in [1.807, 2.05) is 0 Å². The van der Waals surface area contributed by atoms with Crippen molar-refractivity contribution in [3.05, 3.63) is 266 Å². The van der Waals surface area contributed by atoms with Crippen LogP contribution in [0.4, 0.5) is 17.1 Å². The lowest BCUT2D eigenvalue weighted by atomic mass is 9.82. The Morgan fingerprint density at radius 1 is 0.324 bits per heavy atom. The Balaban J connectivity index is 0.963. The van der Waals surface area contributed by atoms with Crippen LogP contribution in [0.5, 0.6) is 0 Å². The fourth-order valence-electron chi connectivity index (χ4n) is 12.0. The molecule has 0 aliphatic heterocycles. The number of para-hydroxylation sites is 2. The molecule has 13 aromatic rings. The molecule has 0 atom stereocenters. The first-order valence-electron chi connectivity index (χ1n) is 24.8. The summed E-state index contributed by atoms with van der Waals surface area (Å²) in [5, 5.41) is 10.1. The average Bonchev–Trinajstić information content (AvgIpc) is 3.90. The van der Waals surface area contributed by atoms with Gasteiger partial charge in [0.05, 0.1) is 16.7 Å². The Bertz CT molecular complexity index is 4220. The van der Waals surface area contributed by atoms with E-state index in [2.05, 4.69) is 278 Å². The standard InChI is InChI=1S/C69H48N2/c1-69(2)62-30-16-13-26-55(62)56-42-41-51(43-63(56)69)70(64-31-17-14-23-52(64)47-21-7-4-8-22-47)49-39-35-48(36-40-49)60-44-61-54-25-10-12-28-58(54)68-67(66(61)57-27-11-9-24-53(57)60)59-29-15-18-32-65(59)71(68)50-37-33-46(34-38-50)45-19-5-3-6-20-45/h3-44H,1-2H3. The normalized spacial score (nSPS) is 12.8. The van der Waals surface area contributed by atoms with E-state index in [1.54, 1.807) is 0 Å². The molecule has 1 heterocycles. The summed E-state index contributed by atoms with van der Waals surface area (Å²) in [7, 11) is 0. The molecular weight excluding hydrogens is 857 g/mol. The molecule has 2 nitrogen and oxygen atoms in total. The van der Waals surface area contributed by atoms with Gasteiger partial charge in [0.15, 0.2) is 0 Å². The van der Waals surface area contributed by atoms with E-state index in [0.717, 1.165) is 22.7 Å². The third-order valence-electron chi connectivity index (χ3n) is 15.4. The van der Waals surface area contributed by atoms with Crippen LogP contribution in [0, 0.1) is 0 Å². The van der Waals surface area contributed by atoms with Crippen LogP contribution in [-0.2, 0) is 5.41 Å². The Morgan fingerprint density at radius 3 is 1.62 bits per heavy atom. The zero-order chi connectivity index (χ0) is 47.2. The zero-order valence-corrected chi connectivity index (χ0v) is 39.6. The number of fused-ring (bicyclic) bond motifs is 13. The maximum atomic E-state index is 2.49. The van der Waals surface area contributed by atoms with Gasteiger partial charge in [0, 0.05) is 49.6 Å². The predicted molar refractivity (Wildman–Crippen MR) is 302 cm³/mol. The number of hydrogen-bond acceptors (Lipinski definition) is 1. The van der Waals surface area contributed by atoms with Crippen molar-refractivity contribution < 1.29 is 0 Å². The third-order valence-corrected chi connectivity index (χ3v) is 15.4. The van der Waals surface area contributed by atoms with Crippen LogP contribution >= 0.6 is 0 Å². The molecule has 0 spiro atoms. The molecule has 2 heteroatoms. The molecule has 12 aromatic carbocycles. The van der Waals surface area contributed by atoms with E-state index in [4.69, 9.17) is 0 Å². The highest BCUT2D eigenvalue weighted by atomic mass is 15.1. The highest BCUT2D eigenvalue weighted by Crippen LogP contribution is 2.52. The smallest absolute Gasteiger partial charge is 0.0626 e. The van der Waals surface area contributed by atoms with Crippen molar-refractivity contribution in [2.75, 3.05) is 4.90 Å². The van der Waals surface area contributed by atoms with E-state index >= 15 is 0 Å². The molecule has 1 aliphatic carbocycles. The van der Waals surface area contributed by atoms with E-state index in [0.29, 0.717) is 0 Å². The highest BCUT2D eigenvalue weighted by Gasteiger charge is 2.36. The molecule has 0 unspecified atom stereocenters. The first kappa shape index (κ1) is 41.0. The minimum Gasteiger partial charge on any atom is -0.310 e. The quantitative estimate of drug-likeness (QED) is 0.145. The van der Waals surface area contributed by atoms with Gasteiger partial charge in [-0.05, 0) is 126 Å². The van der Waals surface area contributed by atoms with Crippen molar-refractivity contribution in [3.63, 3.8) is 0 Å². The molecule has 0 saturated heterocycles. The number of nitrogens with zero attached hydrogens (tertiary/aromatic N) is 2. The number of hydrogen-bond donors (Lipinski definition) is 0. The lowest BCUT2D eigenvalue weighted by molar-refractivity contribution is 0.660. The fraction of sp³-hybridized carbons (Fsp3) is 0.0435.